The van der Waals surface area contributed by atoms with Crippen molar-refractivity contribution in [2.75, 3.05) is 26.2 Å². The van der Waals surface area contributed by atoms with Crippen LogP contribution in [0, 0.1) is 16.0 Å². The van der Waals surface area contributed by atoms with E-state index < -0.39 is 14.9 Å². The standard InChI is InChI=1S/C14H21N3O4S/c1-2-15-11-12-7-9-16(10-8-12)22(20,21)14-5-3-13(4-6-14)17(18)19/h3-6,12,15H,2,7-11H2,1H3. The lowest BCUT2D eigenvalue weighted by molar-refractivity contribution is -0.384. The van der Waals surface area contributed by atoms with Gasteiger partial charge >= 0.3 is 0 Å². The van der Waals surface area contributed by atoms with E-state index >= 15 is 0 Å². The first-order chi connectivity index (χ1) is 10.4. The van der Waals surface area contributed by atoms with Crippen molar-refractivity contribution in [3.63, 3.8) is 0 Å². The summed E-state index contributed by atoms with van der Waals surface area (Å²) < 4.78 is 26.5. The third-order valence-electron chi connectivity index (χ3n) is 3.94. The normalized spacial score (nSPS) is 17.5. The maximum Gasteiger partial charge on any atom is 0.269 e. The Morgan fingerprint density at radius 2 is 1.86 bits per heavy atom. The molecule has 0 radical (unpaired) electrons. The first kappa shape index (κ1) is 16.9. The Hall–Kier alpha value is -1.51. The van der Waals surface area contributed by atoms with Gasteiger partial charge in [-0.05, 0) is 44.0 Å². The summed E-state index contributed by atoms with van der Waals surface area (Å²) in [5.74, 6) is 0.503. The van der Waals surface area contributed by atoms with Crippen LogP contribution in [0.25, 0.3) is 0 Å². The van der Waals surface area contributed by atoms with Crippen molar-refractivity contribution in [3.05, 3.63) is 34.4 Å². The smallest absolute Gasteiger partial charge is 0.269 e. The number of nitrogens with zero attached hydrogens (tertiary/aromatic N) is 2. The van der Waals surface area contributed by atoms with Crippen molar-refractivity contribution < 1.29 is 13.3 Å². The van der Waals surface area contributed by atoms with Gasteiger partial charge in [-0.2, -0.15) is 4.31 Å². The summed E-state index contributed by atoms with van der Waals surface area (Å²) in [7, 11) is -3.56. The molecule has 1 heterocycles. The van der Waals surface area contributed by atoms with Crippen molar-refractivity contribution in [3.8, 4) is 0 Å². The fourth-order valence-corrected chi connectivity index (χ4v) is 4.06. The molecule has 0 bridgehead atoms. The molecule has 0 aliphatic carbocycles. The van der Waals surface area contributed by atoms with Crippen LogP contribution >= 0.6 is 0 Å². The van der Waals surface area contributed by atoms with E-state index in [1.165, 1.54) is 28.6 Å². The summed E-state index contributed by atoms with van der Waals surface area (Å²) in [5.41, 5.74) is -0.108. The molecule has 7 nitrogen and oxygen atoms in total. The Bertz CT molecular complexity index is 607. The molecule has 0 unspecified atom stereocenters. The zero-order valence-corrected chi connectivity index (χ0v) is 13.4. The van der Waals surface area contributed by atoms with E-state index in [4.69, 9.17) is 0 Å². The van der Waals surface area contributed by atoms with Crippen molar-refractivity contribution in [1.82, 2.24) is 9.62 Å². The van der Waals surface area contributed by atoms with E-state index in [0.29, 0.717) is 19.0 Å². The number of rotatable bonds is 6. The molecular weight excluding hydrogens is 306 g/mol. The zero-order chi connectivity index (χ0) is 16.2. The van der Waals surface area contributed by atoms with Gasteiger partial charge in [0.15, 0.2) is 0 Å². The predicted octanol–water partition coefficient (Wildman–Crippen LogP) is 1.60. The van der Waals surface area contributed by atoms with E-state index in [-0.39, 0.29) is 10.6 Å². The SMILES string of the molecule is CCNCC1CCN(S(=O)(=O)c2ccc([N+](=O)[O-])cc2)CC1. The van der Waals surface area contributed by atoms with Crippen LogP contribution in [0.15, 0.2) is 29.2 Å². The summed E-state index contributed by atoms with van der Waals surface area (Å²) in [4.78, 5) is 10.2. The molecule has 1 saturated heterocycles. The Morgan fingerprint density at radius 3 is 2.36 bits per heavy atom. The molecule has 1 aromatic rings. The molecule has 0 atom stereocenters. The fraction of sp³-hybridized carbons (Fsp3) is 0.571. The lowest BCUT2D eigenvalue weighted by Gasteiger charge is -2.31. The quantitative estimate of drug-likeness (QED) is 0.633. The highest BCUT2D eigenvalue weighted by Crippen LogP contribution is 2.24. The second-order valence-electron chi connectivity index (χ2n) is 5.41. The Morgan fingerprint density at radius 1 is 1.27 bits per heavy atom. The fourth-order valence-electron chi connectivity index (χ4n) is 2.59. The van der Waals surface area contributed by atoms with Crippen LogP contribution < -0.4 is 5.32 Å². The minimum absolute atomic E-state index is 0.108. The number of benzene rings is 1. The number of hydrogen-bond donors (Lipinski definition) is 1. The molecule has 1 aliphatic rings. The molecule has 8 heteroatoms. The maximum absolute atomic E-state index is 12.5. The van der Waals surface area contributed by atoms with Crippen molar-refractivity contribution in [1.29, 1.82) is 0 Å². The summed E-state index contributed by atoms with van der Waals surface area (Å²) in [6.07, 6.45) is 1.67. The number of nitro groups is 1. The number of sulfonamides is 1. The number of nitrogens with one attached hydrogen (secondary N) is 1. The second kappa shape index (κ2) is 7.17. The topological polar surface area (TPSA) is 92.6 Å². The van der Waals surface area contributed by atoms with Gasteiger partial charge in [0.05, 0.1) is 9.82 Å². The number of non-ortho nitro benzene ring substituents is 1. The van der Waals surface area contributed by atoms with Gasteiger partial charge in [0.1, 0.15) is 0 Å². The molecule has 1 aliphatic heterocycles. The van der Waals surface area contributed by atoms with Gasteiger partial charge in [0, 0.05) is 25.2 Å². The molecule has 0 saturated carbocycles. The number of piperidine rings is 1. The van der Waals surface area contributed by atoms with Crippen LogP contribution in [0.2, 0.25) is 0 Å². The van der Waals surface area contributed by atoms with Crippen LogP contribution in [0.1, 0.15) is 19.8 Å². The molecule has 2 rings (SSSR count). The molecule has 22 heavy (non-hydrogen) atoms. The van der Waals surface area contributed by atoms with Crippen molar-refractivity contribution in [2.24, 2.45) is 5.92 Å². The van der Waals surface area contributed by atoms with Gasteiger partial charge < -0.3 is 5.32 Å². The molecular formula is C14H21N3O4S. The van der Waals surface area contributed by atoms with Gasteiger partial charge in [0.25, 0.3) is 5.69 Å². The lowest BCUT2D eigenvalue weighted by Crippen LogP contribution is -2.40. The third-order valence-corrected chi connectivity index (χ3v) is 5.85. The predicted molar refractivity (Wildman–Crippen MR) is 83.1 cm³/mol. The monoisotopic (exact) mass is 327 g/mol. The van der Waals surface area contributed by atoms with E-state index in [1.54, 1.807) is 0 Å². The highest BCUT2D eigenvalue weighted by Gasteiger charge is 2.29. The Labute approximate surface area is 130 Å². The number of hydrogen-bond acceptors (Lipinski definition) is 5. The van der Waals surface area contributed by atoms with Crippen LogP contribution in [-0.2, 0) is 10.0 Å². The average Bonchev–Trinajstić information content (AvgIpc) is 2.53. The Kier molecular flexibility index (Phi) is 5.49. The van der Waals surface area contributed by atoms with Gasteiger partial charge in [-0.1, -0.05) is 6.92 Å². The van der Waals surface area contributed by atoms with Crippen molar-refractivity contribution >= 4 is 15.7 Å². The molecule has 0 amide bonds. The second-order valence-corrected chi connectivity index (χ2v) is 7.34. The third kappa shape index (κ3) is 3.82. The molecule has 1 fully saturated rings. The van der Waals surface area contributed by atoms with Gasteiger partial charge in [-0.25, -0.2) is 8.42 Å². The molecule has 0 aromatic heterocycles. The summed E-state index contributed by atoms with van der Waals surface area (Å²) in [5, 5.41) is 13.9. The zero-order valence-electron chi connectivity index (χ0n) is 12.6. The van der Waals surface area contributed by atoms with E-state index in [0.717, 1.165) is 25.9 Å². The van der Waals surface area contributed by atoms with Crippen LogP contribution in [-0.4, -0.2) is 43.8 Å². The summed E-state index contributed by atoms with van der Waals surface area (Å²) >= 11 is 0. The maximum atomic E-state index is 12.5. The largest absolute Gasteiger partial charge is 0.317 e. The van der Waals surface area contributed by atoms with Gasteiger partial charge in [0.2, 0.25) is 10.0 Å². The summed E-state index contributed by atoms with van der Waals surface area (Å²) in [6, 6.07) is 5.06. The highest BCUT2D eigenvalue weighted by molar-refractivity contribution is 7.89. The van der Waals surface area contributed by atoms with Crippen molar-refractivity contribution in [2.45, 2.75) is 24.7 Å². The van der Waals surface area contributed by atoms with E-state index in [1.807, 2.05) is 6.92 Å². The van der Waals surface area contributed by atoms with Gasteiger partial charge in [-0.15, -0.1) is 0 Å². The van der Waals surface area contributed by atoms with E-state index in [9.17, 15) is 18.5 Å². The first-order valence-corrected chi connectivity index (χ1v) is 8.84. The van der Waals surface area contributed by atoms with E-state index in [2.05, 4.69) is 5.32 Å². The minimum atomic E-state index is -3.56. The Balaban J connectivity index is 2.03. The minimum Gasteiger partial charge on any atom is -0.317 e. The molecule has 1 aromatic carbocycles. The highest BCUT2D eigenvalue weighted by atomic mass is 32.2. The van der Waals surface area contributed by atoms with Crippen LogP contribution in [0.3, 0.4) is 0 Å². The first-order valence-electron chi connectivity index (χ1n) is 7.40. The molecule has 122 valence electrons. The average molecular weight is 327 g/mol. The van der Waals surface area contributed by atoms with Crippen LogP contribution in [0.4, 0.5) is 5.69 Å². The molecule has 0 spiro atoms. The molecule has 1 N–H and O–H groups in total. The summed E-state index contributed by atoms with van der Waals surface area (Å²) in [6.45, 7) is 4.88. The lowest BCUT2D eigenvalue weighted by atomic mass is 9.98. The van der Waals surface area contributed by atoms with Crippen LogP contribution in [0.5, 0.6) is 0 Å². The number of nitro benzene ring substituents is 1. The van der Waals surface area contributed by atoms with Gasteiger partial charge in [-0.3, -0.25) is 10.1 Å².